The second kappa shape index (κ2) is 4.75. The van der Waals surface area contributed by atoms with E-state index < -0.39 is 4.92 Å². The van der Waals surface area contributed by atoms with Gasteiger partial charge in [-0.2, -0.15) is 5.10 Å². The van der Waals surface area contributed by atoms with Gasteiger partial charge < -0.3 is 5.32 Å². The first kappa shape index (κ1) is 11.3. The molecule has 0 saturated carbocycles. The Bertz CT molecular complexity index is 574. The van der Waals surface area contributed by atoms with Gasteiger partial charge in [0.15, 0.2) is 5.52 Å². The lowest BCUT2D eigenvalue weighted by Gasteiger charge is -1.92. The molecular weight excluding hydrogens is 220 g/mol. The maximum absolute atomic E-state index is 10.8. The molecule has 0 spiro atoms. The van der Waals surface area contributed by atoms with Crippen LogP contribution < -0.4 is 5.32 Å². The van der Waals surface area contributed by atoms with Crippen LogP contribution in [0.25, 0.3) is 17.0 Å². The number of benzene rings is 1. The highest BCUT2D eigenvalue weighted by molar-refractivity contribution is 5.92. The highest BCUT2D eigenvalue weighted by Gasteiger charge is 2.15. The van der Waals surface area contributed by atoms with Gasteiger partial charge in [-0.3, -0.25) is 15.2 Å². The zero-order chi connectivity index (χ0) is 12.3. The number of nitrogens with zero attached hydrogens (tertiary/aromatic N) is 2. The minimum atomic E-state index is -0.426. The van der Waals surface area contributed by atoms with Crippen molar-refractivity contribution in [1.29, 1.82) is 0 Å². The van der Waals surface area contributed by atoms with Crippen molar-refractivity contribution >= 4 is 22.7 Å². The molecule has 0 bridgehead atoms. The Hall–Kier alpha value is -2.21. The second-order valence-electron chi connectivity index (χ2n) is 3.53. The summed E-state index contributed by atoms with van der Waals surface area (Å²) in [7, 11) is 1.85. The van der Waals surface area contributed by atoms with E-state index in [0.29, 0.717) is 5.52 Å². The highest BCUT2D eigenvalue weighted by Crippen LogP contribution is 2.25. The van der Waals surface area contributed by atoms with Crippen LogP contribution in [0.1, 0.15) is 5.69 Å². The Morgan fingerprint density at radius 2 is 2.41 bits per heavy atom. The van der Waals surface area contributed by atoms with E-state index in [4.69, 9.17) is 0 Å². The molecule has 0 aliphatic heterocycles. The molecule has 88 valence electrons. The normalized spacial score (nSPS) is 11.4. The SMILES string of the molecule is CNCC=Cc1[nH]nc2c([N+](=O)[O-])cccc12. The third-order valence-corrected chi connectivity index (χ3v) is 2.40. The van der Waals surface area contributed by atoms with Crippen molar-refractivity contribution in [2.75, 3.05) is 13.6 Å². The van der Waals surface area contributed by atoms with Gasteiger partial charge >= 0.3 is 0 Å². The average molecular weight is 232 g/mol. The van der Waals surface area contributed by atoms with Gasteiger partial charge in [-0.25, -0.2) is 0 Å². The van der Waals surface area contributed by atoms with E-state index in [1.165, 1.54) is 6.07 Å². The first-order chi connectivity index (χ1) is 8.24. The molecule has 0 radical (unpaired) electrons. The van der Waals surface area contributed by atoms with E-state index in [2.05, 4.69) is 15.5 Å². The van der Waals surface area contributed by atoms with E-state index in [9.17, 15) is 10.1 Å². The number of rotatable bonds is 4. The second-order valence-corrected chi connectivity index (χ2v) is 3.53. The minimum absolute atomic E-state index is 0.0204. The van der Waals surface area contributed by atoms with Crippen molar-refractivity contribution in [3.05, 3.63) is 40.1 Å². The number of hydrogen-bond acceptors (Lipinski definition) is 4. The summed E-state index contributed by atoms with van der Waals surface area (Å²) in [5.74, 6) is 0. The van der Waals surface area contributed by atoms with Gasteiger partial charge in [-0.05, 0) is 13.1 Å². The van der Waals surface area contributed by atoms with Crippen LogP contribution >= 0.6 is 0 Å². The molecule has 2 N–H and O–H groups in total. The maximum Gasteiger partial charge on any atom is 0.297 e. The summed E-state index contributed by atoms with van der Waals surface area (Å²) in [5, 5.41) is 21.3. The molecule has 6 nitrogen and oxygen atoms in total. The lowest BCUT2D eigenvalue weighted by Crippen LogP contribution is -2.03. The largest absolute Gasteiger partial charge is 0.316 e. The van der Waals surface area contributed by atoms with Crippen LogP contribution in [0.2, 0.25) is 0 Å². The van der Waals surface area contributed by atoms with Crippen LogP contribution in [0.5, 0.6) is 0 Å². The fourth-order valence-corrected chi connectivity index (χ4v) is 1.61. The molecule has 6 heteroatoms. The number of aromatic amines is 1. The number of para-hydroxylation sites is 1. The van der Waals surface area contributed by atoms with Crippen LogP contribution in [0.15, 0.2) is 24.3 Å². The van der Waals surface area contributed by atoms with Crippen LogP contribution in [0, 0.1) is 10.1 Å². The summed E-state index contributed by atoms with van der Waals surface area (Å²) >= 11 is 0. The average Bonchev–Trinajstić information content (AvgIpc) is 2.72. The van der Waals surface area contributed by atoms with Gasteiger partial charge in [-0.1, -0.05) is 18.2 Å². The Kier molecular flexibility index (Phi) is 3.15. The summed E-state index contributed by atoms with van der Waals surface area (Å²) in [4.78, 5) is 10.4. The molecule has 0 aliphatic rings. The topological polar surface area (TPSA) is 83.8 Å². The number of aromatic nitrogens is 2. The lowest BCUT2D eigenvalue weighted by atomic mass is 10.2. The van der Waals surface area contributed by atoms with Crippen molar-refractivity contribution in [3.8, 4) is 0 Å². The quantitative estimate of drug-likeness (QED) is 0.620. The predicted octanol–water partition coefficient (Wildman–Crippen LogP) is 1.70. The number of non-ortho nitro benzene ring substituents is 1. The summed E-state index contributed by atoms with van der Waals surface area (Å²) in [6.07, 6.45) is 3.78. The minimum Gasteiger partial charge on any atom is -0.316 e. The first-order valence-corrected chi connectivity index (χ1v) is 5.16. The summed E-state index contributed by atoms with van der Waals surface area (Å²) in [6.45, 7) is 0.732. The van der Waals surface area contributed by atoms with Crippen LogP contribution in [0.4, 0.5) is 5.69 Å². The van der Waals surface area contributed by atoms with Crippen LogP contribution in [-0.2, 0) is 0 Å². The van der Waals surface area contributed by atoms with Gasteiger partial charge in [0.2, 0.25) is 0 Å². The molecule has 0 saturated heterocycles. The molecule has 0 unspecified atom stereocenters. The molecule has 0 fully saturated rings. The molecule has 0 atom stereocenters. The van der Waals surface area contributed by atoms with Crippen LogP contribution in [0.3, 0.4) is 0 Å². The summed E-state index contributed by atoms with van der Waals surface area (Å²) in [6, 6.07) is 4.92. The van der Waals surface area contributed by atoms with E-state index in [1.54, 1.807) is 6.07 Å². The third kappa shape index (κ3) is 2.16. The molecule has 1 aromatic carbocycles. The number of fused-ring (bicyclic) bond motifs is 1. The molecule has 2 aromatic rings. The summed E-state index contributed by atoms with van der Waals surface area (Å²) < 4.78 is 0. The Morgan fingerprint density at radius 3 is 3.12 bits per heavy atom. The summed E-state index contributed by atoms with van der Waals surface area (Å²) in [5.41, 5.74) is 1.19. The number of nitro benzene ring substituents is 1. The van der Waals surface area contributed by atoms with Crippen molar-refractivity contribution in [2.45, 2.75) is 0 Å². The highest BCUT2D eigenvalue weighted by atomic mass is 16.6. The molecular formula is C11H12N4O2. The Balaban J connectivity index is 2.47. The van der Waals surface area contributed by atoms with E-state index in [1.807, 2.05) is 25.3 Å². The Labute approximate surface area is 97.5 Å². The smallest absolute Gasteiger partial charge is 0.297 e. The van der Waals surface area contributed by atoms with E-state index in [-0.39, 0.29) is 5.69 Å². The molecule has 1 aromatic heterocycles. The third-order valence-electron chi connectivity index (χ3n) is 2.40. The van der Waals surface area contributed by atoms with Gasteiger partial charge in [0.05, 0.1) is 10.6 Å². The monoisotopic (exact) mass is 232 g/mol. The van der Waals surface area contributed by atoms with Crippen LogP contribution in [-0.4, -0.2) is 28.7 Å². The molecule has 2 rings (SSSR count). The van der Waals surface area contributed by atoms with Gasteiger partial charge in [0.25, 0.3) is 5.69 Å². The number of hydrogen-bond donors (Lipinski definition) is 2. The fourth-order valence-electron chi connectivity index (χ4n) is 1.61. The van der Waals surface area contributed by atoms with Crippen molar-refractivity contribution in [1.82, 2.24) is 15.5 Å². The Morgan fingerprint density at radius 1 is 1.59 bits per heavy atom. The fraction of sp³-hybridized carbons (Fsp3) is 0.182. The van der Waals surface area contributed by atoms with Gasteiger partial charge in [-0.15, -0.1) is 0 Å². The predicted molar refractivity (Wildman–Crippen MR) is 65.7 cm³/mol. The lowest BCUT2D eigenvalue weighted by molar-refractivity contribution is -0.383. The van der Waals surface area contributed by atoms with Crippen molar-refractivity contribution < 1.29 is 4.92 Å². The van der Waals surface area contributed by atoms with Crippen molar-refractivity contribution in [2.24, 2.45) is 0 Å². The first-order valence-electron chi connectivity index (χ1n) is 5.16. The molecule has 0 amide bonds. The molecule has 0 aliphatic carbocycles. The van der Waals surface area contributed by atoms with Gasteiger partial charge in [0.1, 0.15) is 0 Å². The zero-order valence-electron chi connectivity index (χ0n) is 9.30. The molecule has 17 heavy (non-hydrogen) atoms. The number of H-pyrrole nitrogens is 1. The van der Waals surface area contributed by atoms with Gasteiger partial charge in [0, 0.05) is 18.0 Å². The number of nitro groups is 1. The number of nitrogens with one attached hydrogen (secondary N) is 2. The van der Waals surface area contributed by atoms with E-state index >= 15 is 0 Å². The maximum atomic E-state index is 10.8. The van der Waals surface area contributed by atoms with E-state index in [0.717, 1.165) is 17.6 Å². The van der Waals surface area contributed by atoms with Crippen molar-refractivity contribution in [3.63, 3.8) is 0 Å². The molecule has 1 heterocycles. The zero-order valence-corrected chi connectivity index (χ0v) is 9.30. The number of likely N-dealkylation sites (N-methyl/N-ethyl adjacent to an activating group) is 1. The standard InChI is InChI=1S/C11H12N4O2/c1-12-7-3-5-9-8-4-2-6-10(15(16)17)11(8)14-13-9/h2-6,12H,7H2,1H3,(H,13,14).